The summed E-state index contributed by atoms with van der Waals surface area (Å²) in [5, 5.41) is 0. The van der Waals surface area contributed by atoms with Gasteiger partial charge in [0.2, 0.25) is 0 Å². The molecule has 2 aromatic carbocycles. The van der Waals surface area contributed by atoms with Crippen LogP contribution in [0, 0.1) is 13.8 Å². The highest BCUT2D eigenvalue weighted by atomic mass is 15.3. The molecule has 1 atom stereocenters. The fourth-order valence-electron chi connectivity index (χ4n) is 4.26. The number of rotatable bonds is 6. The van der Waals surface area contributed by atoms with Crippen molar-refractivity contribution in [3.63, 3.8) is 0 Å². The predicted molar refractivity (Wildman–Crippen MR) is 131 cm³/mol. The fourth-order valence-corrected chi connectivity index (χ4v) is 4.26. The summed E-state index contributed by atoms with van der Waals surface area (Å²) in [5.74, 6) is 1.55. The summed E-state index contributed by atoms with van der Waals surface area (Å²) >= 11 is 0. The van der Waals surface area contributed by atoms with Crippen molar-refractivity contribution in [2.45, 2.75) is 53.4 Å². The zero-order valence-electron chi connectivity index (χ0n) is 19.4. The maximum atomic E-state index is 5.14. The Hall–Kier alpha value is -2.55. The monoisotopic (exact) mass is 403 g/mol. The second-order valence-electron chi connectivity index (χ2n) is 8.69. The van der Waals surface area contributed by atoms with E-state index >= 15 is 0 Å². The van der Waals surface area contributed by atoms with Gasteiger partial charge in [0, 0.05) is 31.9 Å². The molecule has 1 fully saturated rings. The number of benzene rings is 2. The van der Waals surface area contributed by atoms with Crippen LogP contribution in [0.1, 0.15) is 56.2 Å². The predicted octanol–water partition coefficient (Wildman–Crippen LogP) is 6.64. The van der Waals surface area contributed by atoms with E-state index in [-0.39, 0.29) is 0 Å². The normalized spacial score (nSPS) is 16.0. The molecule has 0 radical (unpaired) electrons. The molecule has 30 heavy (non-hydrogen) atoms. The Morgan fingerprint density at radius 1 is 1.07 bits per heavy atom. The number of hydrogen-bond acceptors (Lipinski definition) is 2. The molecule has 3 heteroatoms. The van der Waals surface area contributed by atoms with Crippen LogP contribution in [-0.2, 0) is 0 Å². The molecule has 3 rings (SSSR count). The van der Waals surface area contributed by atoms with Gasteiger partial charge < -0.3 is 9.80 Å². The molecule has 0 N–H and O–H groups in total. The van der Waals surface area contributed by atoms with Crippen LogP contribution in [0.5, 0.6) is 0 Å². The number of anilines is 1. The molecule has 2 aromatic rings. The highest BCUT2D eigenvalue weighted by Crippen LogP contribution is 2.34. The van der Waals surface area contributed by atoms with Gasteiger partial charge in [-0.25, -0.2) is 4.99 Å². The number of piperazine rings is 1. The zero-order valence-corrected chi connectivity index (χ0v) is 19.4. The van der Waals surface area contributed by atoms with E-state index in [2.05, 4.69) is 93.5 Å². The quantitative estimate of drug-likeness (QED) is 0.306. The maximum Gasteiger partial charge on any atom is 0.102 e. The van der Waals surface area contributed by atoms with Crippen molar-refractivity contribution in [1.29, 1.82) is 0 Å². The first-order valence-corrected chi connectivity index (χ1v) is 11.3. The van der Waals surface area contributed by atoms with E-state index in [1.54, 1.807) is 0 Å². The minimum absolute atomic E-state index is 0.432. The molecule has 0 aromatic heterocycles. The van der Waals surface area contributed by atoms with Crippen molar-refractivity contribution < 1.29 is 0 Å². The molecule has 0 saturated carbocycles. The summed E-state index contributed by atoms with van der Waals surface area (Å²) in [4.78, 5) is 10.1. The third kappa shape index (κ3) is 5.33. The Balaban J connectivity index is 1.74. The third-order valence-corrected chi connectivity index (χ3v) is 6.27. The van der Waals surface area contributed by atoms with Crippen molar-refractivity contribution in [1.82, 2.24) is 4.90 Å². The van der Waals surface area contributed by atoms with Gasteiger partial charge in [-0.1, -0.05) is 56.3 Å². The average molecular weight is 404 g/mol. The first kappa shape index (κ1) is 22.1. The van der Waals surface area contributed by atoms with Crippen LogP contribution in [0.25, 0.3) is 0 Å². The first-order valence-electron chi connectivity index (χ1n) is 11.3. The number of aryl methyl sites for hydroxylation is 2. The van der Waals surface area contributed by atoms with Crippen molar-refractivity contribution in [3.05, 3.63) is 71.3 Å². The molecular weight excluding hydrogens is 366 g/mol. The number of amidine groups is 1. The summed E-state index contributed by atoms with van der Waals surface area (Å²) in [6.07, 6.45) is 2.07. The van der Waals surface area contributed by atoms with Crippen molar-refractivity contribution in [3.8, 4) is 0 Å². The lowest BCUT2D eigenvalue weighted by molar-refractivity contribution is 0.384. The van der Waals surface area contributed by atoms with E-state index in [1.165, 1.54) is 28.0 Å². The van der Waals surface area contributed by atoms with Gasteiger partial charge in [-0.2, -0.15) is 0 Å². The van der Waals surface area contributed by atoms with Gasteiger partial charge in [-0.05, 0) is 68.4 Å². The first-order chi connectivity index (χ1) is 14.4. The highest BCUT2D eigenvalue weighted by Gasteiger charge is 2.19. The second kappa shape index (κ2) is 9.97. The van der Waals surface area contributed by atoms with Crippen molar-refractivity contribution >= 4 is 17.2 Å². The van der Waals surface area contributed by atoms with E-state index in [0.717, 1.165) is 50.5 Å². The lowest BCUT2D eigenvalue weighted by Gasteiger charge is -2.37. The molecule has 0 spiro atoms. The minimum Gasteiger partial charge on any atom is -0.368 e. The molecule has 1 aliphatic rings. The number of para-hydroxylation sites is 1. The smallest absolute Gasteiger partial charge is 0.102 e. The van der Waals surface area contributed by atoms with Gasteiger partial charge >= 0.3 is 0 Å². The number of aliphatic imine (C=N–C) groups is 1. The lowest BCUT2D eigenvalue weighted by atomic mass is 9.91. The van der Waals surface area contributed by atoms with Crippen LogP contribution in [0.2, 0.25) is 0 Å². The second-order valence-corrected chi connectivity index (χ2v) is 8.69. The Morgan fingerprint density at radius 3 is 2.43 bits per heavy atom. The molecule has 160 valence electrons. The molecule has 1 saturated heterocycles. The van der Waals surface area contributed by atoms with Gasteiger partial charge in [0.25, 0.3) is 0 Å². The lowest BCUT2D eigenvalue weighted by Crippen LogP contribution is -2.48. The molecule has 1 unspecified atom stereocenters. The van der Waals surface area contributed by atoms with Crippen molar-refractivity contribution in [2.75, 3.05) is 31.1 Å². The van der Waals surface area contributed by atoms with E-state index < -0.39 is 0 Å². The molecular formula is C27H37N3. The van der Waals surface area contributed by atoms with Gasteiger partial charge in [0.05, 0.1) is 5.69 Å². The van der Waals surface area contributed by atoms with Crippen LogP contribution in [-0.4, -0.2) is 36.9 Å². The summed E-state index contributed by atoms with van der Waals surface area (Å²) in [6, 6.07) is 15.4. The Labute approximate surface area is 183 Å². The van der Waals surface area contributed by atoms with Gasteiger partial charge in [0.15, 0.2) is 0 Å². The van der Waals surface area contributed by atoms with Crippen LogP contribution < -0.4 is 4.90 Å². The summed E-state index contributed by atoms with van der Waals surface area (Å²) in [6.45, 7) is 19.3. The SMILES string of the molecule is C=C(CC)CC(C)c1cccc(C)c1/N=C(\C)N1CCN(c2cccc(C)c2)CC1. The highest BCUT2D eigenvalue weighted by molar-refractivity contribution is 5.84. The summed E-state index contributed by atoms with van der Waals surface area (Å²) in [5.41, 5.74) is 7.69. The van der Waals surface area contributed by atoms with E-state index in [1.807, 2.05) is 0 Å². The summed E-state index contributed by atoms with van der Waals surface area (Å²) in [7, 11) is 0. The fraction of sp³-hybridized carbons (Fsp3) is 0.444. The van der Waals surface area contributed by atoms with E-state index in [0.29, 0.717) is 5.92 Å². The van der Waals surface area contributed by atoms with Gasteiger partial charge in [0.1, 0.15) is 5.84 Å². The Bertz CT molecular complexity index is 904. The standard InChI is InChI=1S/C27H37N3/c1-7-20(2)18-23(5)26-13-9-11-22(4)27(26)28-24(6)29-14-16-30(17-15-29)25-12-8-10-21(3)19-25/h8-13,19,23H,2,7,14-18H2,1,3-6H3/b28-24+. The van der Waals surface area contributed by atoms with Crippen LogP contribution in [0.15, 0.2) is 59.6 Å². The molecule has 1 heterocycles. The number of nitrogens with zero attached hydrogens (tertiary/aromatic N) is 3. The molecule has 1 aliphatic heterocycles. The Kier molecular flexibility index (Phi) is 7.36. The Morgan fingerprint density at radius 2 is 1.77 bits per heavy atom. The molecule has 3 nitrogen and oxygen atoms in total. The third-order valence-electron chi connectivity index (χ3n) is 6.27. The molecule has 0 aliphatic carbocycles. The van der Waals surface area contributed by atoms with Crippen molar-refractivity contribution in [2.24, 2.45) is 4.99 Å². The van der Waals surface area contributed by atoms with E-state index in [9.17, 15) is 0 Å². The van der Waals surface area contributed by atoms with Crippen LogP contribution in [0.3, 0.4) is 0 Å². The van der Waals surface area contributed by atoms with Gasteiger partial charge in [-0.3, -0.25) is 0 Å². The topological polar surface area (TPSA) is 18.8 Å². The summed E-state index contributed by atoms with van der Waals surface area (Å²) < 4.78 is 0. The van der Waals surface area contributed by atoms with Gasteiger partial charge in [-0.15, -0.1) is 0 Å². The number of hydrogen-bond donors (Lipinski definition) is 0. The largest absolute Gasteiger partial charge is 0.368 e. The van der Waals surface area contributed by atoms with Crippen LogP contribution in [0.4, 0.5) is 11.4 Å². The molecule has 0 amide bonds. The average Bonchev–Trinajstić information content (AvgIpc) is 2.75. The minimum atomic E-state index is 0.432. The maximum absolute atomic E-state index is 5.14. The zero-order chi connectivity index (χ0) is 21.7. The van der Waals surface area contributed by atoms with Crippen LogP contribution >= 0.6 is 0 Å². The van der Waals surface area contributed by atoms with E-state index in [4.69, 9.17) is 4.99 Å². The molecule has 0 bridgehead atoms. The number of allylic oxidation sites excluding steroid dienone is 1.